The fourth-order valence-corrected chi connectivity index (χ4v) is 5.89. The minimum atomic E-state index is -0.829. The quantitative estimate of drug-likeness (QED) is 0.0430. The Kier molecular flexibility index (Phi) is 25.4. The first-order chi connectivity index (χ1) is 33.0. The van der Waals surface area contributed by atoms with Crippen molar-refractivity contribution in [3.05, 3.63) is 52.4 Å². The maximum Gasteiger partial charge on any atom is 0.349 e. The van der Waals surface area contributed by atoms with Crippen LogP contribution in [0.4, 0.5) is 0 Å². The van der Waals surface area contributed by atoms with Gasteiger partial charge >= 0.3 is 11.6 Å². The van der Waals surface area contributed by atoms with Crippen molar-refractivity contribution >= 4 is 58.3 Å². The summed E-state index contributed by atoms with van der Waals surface area (Å²) >= 11 is 0. The second-order valence-corrected chi connectivity index (χ2v) is 14.6. The summed E-state index contributed by atoms with van der Waals surface area (Å²) in [6, 6.07) is 6.07. The van der Waals surface area contributed by atoms with E-state index in [1.165, 1.54) is 24.3 Å². The van der Waals surface area contributed by atoms with Crippen LogP contribution in [0.25, 0.3) is 11.0 Å². The molecule has 374 valence electrons. The Morgan fingerprint density at radius 1 is 0.574 bits per heavy atom. The lowest BCUT2D eigenvalue weighted by Gasteiger charge is -2.13. The largest absolute Gasteiger partial charge is 0.484 e. The lowest BCUT2D eigenvalue weighted by atomic mass is 10.1. The van der Waals surface area contributed by atoms with Crippen LogP contribution in [-0.2, 0) is 71.6 Å². The van der Waals surface area contributed by atoms with E-state index in [0.29, 0.717) is 95.9 Å². The van der Waals surface area contributed by atoms with Crippen LogP contribution in [0.2, 0.25) is 0 Å². The third kappa shape index (κ3) is 21.2. The number of nitrogens with one attached hydrogen (secondary N) is 3. The molecule has 0 spiro atoms. The number of ether oxygens (including phenoxy) is 8. The zero-order valence-electron chi connectivity index (χ0n) is 37.8. The van der Waals surface area contributed by atoms with Crippen molar-refractivity contribution in [2.75, 3.05) is 125 Å². The van der Waals surface area contributed by atoms with Crippen LogP contribution < -0.4 is 26.3 Å². The number of carbonyl (C=O) groups excluding carboxylic acids is 8. The maximum atomic E-state index is 12.7. The Balaban J connectivity index is 0.909. The third-order valence-corrected chi connectivity index (χ3v) is 9.40. The van der Waals surface area contributed by atoms with E-state index in [2.05, 4.69) is 16.0 Å². The summed E-state index contributed by atoms with van der Waals surface area (Å²) in [7, 11) is 0. The van der Waals surface area contributed by atoms with Crippen molar-refractivity contribution in [1.29, 1.82) is 0 Å². The highest BCUT2D eigenvalue weighted by molar-refractivity contribution is 6.13. The molecule has 0 unspecified atom stereocenters. The van der Waals surface area contributed by atoms with Crippen LogP contribution in [0.5, 0.6) is 5.75 Å². The Morgan fingerprint density at radius 2 is 1.10 bits per heavy atom. The lowest BCUT2D eigenvalue weighted by molar-refractivity contribution is -0.198. The molecule has 1 saturated heterocycles. The van der Waals surface area contributed by atoms with Gasteiger partial charge in [0.25, 0.3) is 35.4 Å². The molecule has 68 heavy (non-hydrogen) atoms. The number of hydroxylamine groups is 2. The maximum absolute atomic E-state index is 12.7. The van der Waals surface area contributed by atoms with E-state index in [9.17, 15) is 43.2 Å². The van der Waals surface area contributed by atoms with Crippen LogP contribution in [0.1, 0.15) is 48.9 Å². The van der Waals surface area contributed by atoms with Crippen molar-refractivity contribution in [3.8, 4) is 5.75 Å². The number of nitrogens with zero attached hydrogens (tertiary/aromatic N) is 2. The Hall–Kier alpha value is -6.15. The first kappa shape index (κ1) is 54.5. The summed E-state index contributed by atoms with van der Waals surface area (Å²) in [5.41, 5.74) is -0.810. The van der Waals surface area contributed by atoms with Crippen LogP contribution in [0, 0.1) is 0 Å². The molecule has 0 radical (unpaired) electrons. The highest BCUT2D eigenvalue weighted by Gasteiger charge is 2.32. The van der Waals surface area contributed by atoms with Crippen molar-refractivity contribution in [2.24, 2.45) is 0 Å². The number of hydrogen-bond donors (Lipinski definition) is 3. The molecule has 24 heteroatoms. The number of imide groups is 2. The van der Waals surface area contributed by atoms with Gasteiger partial charge in [-0.3, -0.25) is 38.5 Å². The monoisotopic (exact) mass is 961 g/mol. The molecule has 0 atom stereocenters. The van der Waals surface area contributed by atoms with E-state index in [1.54, 1.807) is 12.1 Å². The van der Waals surface area contributed by atoms with E-state index in [1.807, 2.05) is 0 Å². The molecular formula is C44H59N5O19. The zero-order chi connectivity index (χ0) is 48.8. The van der Waals surface area contributed by atoms with Gasteiger partial charge in [-0.1, -0.05) is 0 Å². The molecule has 7 amide bonds. The van der Waals surface area contributed by atoms with Gasteiger partial charge in [0.05, 0.1) is 85.7 Å². The average molecular weight is 962 g/mol. The normalized spacial score (nSPS) is 13.5. The first-order valence-electron chi connectivity index (χ1n) is 22.2. The molecule has 1 aromatic carbocycles. The summed E-state index contributed by atoms with van der Waals surface area (Å²) in [4.78, 5) is 113. The second-order valence-electron chi connectivity index (χ2n) is 14.6. The summed E-state index contributed by atoms with van der Waals surface area (Å²) in [5.74, 6) is -3.60. The molecule has 2 aliphatic rings. The Bertz CT molecular complexity index is 2040. The molecular weight excluding hydrogens is 902 g/mol. The van der Waals surface area contributed by atoms with E-state index >= 15 is 0 Å². The minimum Gasteiger partial charge on any atom is -0.484 e. The minimum absolute atomic E-state index is 0.0294. The third-order valence-electron chi connectivity index (χ3n) is 9.40. The van der Waals surface area contributed by atoms with Gasteiger partial charge in [-0.25, -0.2) is 9.59 Å². The van der Waals surface area contributed by atoms with Crippen molar-refractivity contribution in [3.63, 3.8) is 0 Å². The van der Waals surface area contributed by atoms with Crippen LogP contribution in [-0.4, -0.2) is 183 Å². The van der Waals surface area contributed by atoms with Gasteiger partial charge in [0.1, 0.15) is 16.9 Å². The SMILES string of the molecule is O=C(CCN1C(=O)C=CC1=O)NCCCOCCOCCOCCCNC(=O)c1cc2ccc(OCC(=O)NCCOCCOCCOCCOCCC(=O)ON3C(=O)CCC3=O)cc2oc1=O. The Morgan fingerprint density at radius 3 is 1.71 bits per heavy atom. The zero-order valence-corrected chi connectivity index (χ0v) is 37.8. The van der Waals surface area contributed by atoms with Crippen molar-refractivity contribution in [1.82, 2.24) is 25.9 Å². The van der Waals surface area contributed by atoms with Gasteiger partial charge in [-0.05, 0) is 31.0 Å². The van der Waals surface area contributed by atoms with Crippen molar-refractivity contribution in [2.45, 2.75) is 38.5 Å². The second kappa shape index (κ2) is 31.8. The molecule has 24 nitrogen and oxygen atoms in total. The molecule has 2 aliphatic heterocycles. The van der Waals surface area contributed by atoms with Gasteiger partial charge in [-0.15, -0.1) is 5.06 Å². The van der Waals surface area contributed by atoms with Gasteiger partial charge in [0, 0.05) is 82.3 Å². The van der Waals surface area contributed by atoms with Gasteiger partial charge in [0.15, 0.2) is 6.61 Å². The smallest absolute Gasteiger partial charge is 0.349 e. The number of hydrogen-bond acceptors (Lipinski definition) is 19. The summed E-state index contributed by atoms with van der Waals surface area (Å²) in [6.07, 6.45) is 3.42. The number of carbonyl (C=O) groups is 8. The first-order valence-corrected chi connectivity index (χ1v) is 22.2. The molecule has 3 heterocycles. The van der Waals surface area contributed by atoms with E-state index in [4.69, 9.17) is 47.1 Å². The number of amides is 7. The molecule has 4 rings (SSSR count). The topological polar surface area (TPSA) is 292 Å². The molecule has 2 aromatic rings. The highest BCUT2D eigenvalue weighted by Crippen LogP contribution is 2.21. The fraction of sp³-hybridized carbons (Fsp3) is 0.568. The van der Waals surface area contributed by atoms with E-state index < -0.39 is 47.0 Å². The van der Waals surface area contributed by atoms with Crippen LogP contribution in [0.15, 0.2) is 45.6 Å². The number of fused-ring (bicyclic) bond motifs is 1. The molecule has 0 saturated carbocycles. The van der Waals surface area contributed by atoms with Crippen molar-refractivity contribution < 1.29 is 85.5 Å². The molecule has 1 fully saturated rings. The predicted octanol–water partition coefficient (Wildman–Crippen LogP) is -0.657. The fourth-order valence-electron chi connectivity index (χ4n) is 5.89. The Labute approximate surface area is 391 Å². The standard InChI is InChI=1S/C44H59N5O19/c50-36(9-14-48-38(52)5-6-39(48)53)45-11-1-15-59-19-23-63-24-20-60-16-2-12-47-43(57)34-29-32-3-4-33(30-35(32)67-44(34)58)66-31-37(51)46-13-18-62-22-26-65-28-27-64-25-21-61-17-10-42(56)68-49-40(54)7-8-41(49)55/h3-6,29-30H,1-2,7-28,31H2,(H,45,50)(H,46,51)(H,47,57). The van der Waals surface area contributed by atoms with Crippen LogP contribution in [0.3, 0.4) is 0 Å². The summed E-state index contributed by atoms with van der Waals surface area (Å²) < 4.78 is 48.9. The predicted molar refractivity (Wildman–Crippen MR) is 234 cm³/mol. The lowest BCUT2D eigenvalue weighted by Crippen LogP contribution is -2.35. The molecule has 3 N–H and O–H groups in total. The van der Waals surface area contributed by atoms with Gasteiger partial charge < -0.3 is 63.1 Å². The van der Waals surface area contributed by atoms with E-state index in [0.717, 1.165) is 4.90 Å². The van der Waals surface area contributed by atoms with Gasteiger partial charge in [0.2, 0.25) is 5.91 Å². The average Bonchev–Trinajstić information content (AvgIpc) is 3.82. The summed E-state index contributed by atoms with van der Waals surface area (Å²) in [6.45, 7) is 4.87. The molecule has 0 bridgehead atoms. The van der Waals surface area contributed by atoms with E-state index in [-0.39, 0.29) is 101 Å². The highest BCUT2D eigenvalue weighted by atomic mass is 16.7. The summed E-state index contributed by atoms with van der Waals surface area (Å²) in [5, 5.41) is 9.04. The van der Waals surface area contributed by atoms with Crippen LogP contribution >= 0.6 is 0 Å². The van der Waals surface area contributed by atoms with Gasteiger partial charge in [-0.2, -0.15) is 0 Å². The molecule has 0 aliphatic carbocycles. The number of rotatable bonds is 37. The number of benzene rings is 1. The molecule has 1 aromatic heterocycles.